The van der Waals surface area contributed by atoms with Gasteiger partial charge in [0.05, 0.1) is 25.2 Å². The van der Waals surface area contributed by atoms with Gasteiger partial charge in [-0.05, 0) is 25.0 Å². The first kappa shape index (κ1) is 59.5. The number of ether oxygens (including phenoxy) is 2. The summed E-state index contributed by atoms with van der Waals surface area (Å²) >= 11 is 0.0377. The Morgan fingerprint density at radius 2 is 0.579 bits per heavy atom. The number of hydrogen-bond acceptors (Lipinski definition) is 8. The Labute approximate surface area is 361 Å². The second-order valence-electron chi connectivity index (χ2n) is 15.3. The van der Waals surface area contributed by atoms with Crippen molar-refractivity contribution in [1.82, 2.24) is 0 Å². The number of carbonyl (C=O) groups is 4. The van der Waals surface area contributed by atoms with E-state index in [0.717, 1.165) is 50.7 Å². The molecule has 0 aliphatic rings. The third kappa shape index (κ3) is 63.5. The van der Waals surface area contributed by atoms with Crippen molar-refractivity contribution >= 4 is 45.0 Å². The van der Waals surface area contributed by atoms with E-state index in [1.807, 2.05) is 0 Å². The van der Waals surface area contributed by atoms with Gasteiger partial charge in [-0.25, -0.2) is 9.59 Å². The third-order valence-electron chi connectivity index (χ3n) is 9.61. The van der Waals surface area contributed by atoms with Gasteiger partial charge in [0.2, 0.25) is 0 Å². The molecule has 0 spiro atoms. The first-order chi connectivity index (χ1) is 27.7. The Kier molecular flexibility index (Phi) is 56.5. The zero-order valence-corrected chi connectivity index (χ0v) is 40.4. The number of carboxylic acids is 2. The van der Waals surface area contributed by atoms with Crippen LogP contribution in [-0.2, 0) is 28.7 Å². The van der Waals surface area contributed by atoms with E-state index in [2.05, 4.69) is 27.7 Å². The van der Waals surface area contributed by atoms with E-state index in [0.29, 0.717) is 25.4 Å². The average Bonchev–Trinajstić information content (AvgIpc) is 3.19. The fourth-order valence-electron chi connectivity index (χ4n) is 6.08. The van der Waals surface area contributed by atoms with Crippen molar-refractivity contribution in [1.29, 1.82) is 0 Å². The van der Waals surface area contributed by atoms with E-state index < -0.39 is 23.9 Å². The molecule has 0 aliphatic carbocycles. The Morgan fingerprint density at radius 3 is 0.825 bits per heavy atom. The molecule has 0 aromatic carbocycles. The van der Waals surface area contributed by atoms with Gasteiger partial charge in [-0.1, -0.05) is 78.1 Å². The maximum absolute atomic E-state index is 10.9. The smallest absolute Gasteiger partial charge is 0.545 e. The van der Waals surface area contributed by atoms with Crippen molar-refractivity contribution in [3.05, 3.63) is 24.3 Å². The summed E-state index contributed by atoms with van der Waals surface area (Å²) in [7, 11) is 0. The molecular formula is C48H88O8Sn. The summed E-state index contributed by atoms with van der Waals surface area (Å²) in [6.45, 7) is 9.63. The molecule has 9 heteroatoms. The first-order valence-corrected chi connectivity index (χ1v) is 27.6. The molecule has 57 heavy (non-hydrogen) atoms. The minimum atomic E-state index is -1.39. The predicted molar refractivity (Wildman–Crippen MR) is 236 cm³/mol. The Hall–Kier alpha value is -1.84. The van der Waals surface area contributed by atoms with Crippen LogP contribution in [0, 0.1) is 0 Å². The van der Waals surface area contributed by atoms with E-state index in [1.165, 1.54) is 154 Å². The Morgan fingerprint density at radius 1 is 0.351 bits per heavy atom. The van der Waals surface area contributed by atoms with Crippen LogP contribution in [0.1, 0.15) is 233 Å². The number of carbonyl (C=O) groups excluding carboxylic acids is 4. The maximum atomic E-state index is 10.9. The standard InChI is InChI=1S/2C12H20O4.2C12H25.Sn/c2*1-2-3-4-5-6-7-10-16-12(15)9-8-11(13)14;2*1-3-5-7-9-11-12-10-8-6-4-2;/h2*8-9H,2-7,10H2,1H3,(H,13,14);2*1,3-12H2,2H3;/q;;;;+2/p-2/b2*9-8-;;;. The van der Waals surface area contributed by atoms with Crippen LogP contribution in [0.2, 0.25) is 8.87 Å². The van der Waals surface area contributed by atoms with Gasteiger partial charge < -0.3 is 29.3 Å². The predicted octanol–water partition coefficient (Wildman–Crippen LogP) is 11.8. The van der Waals surface area contributed by atoms with Gasteiger partial charge in [0.15, 0.2) is 0 Å². The number of carboxylic acid groups (broad SMARTS) is 2. The minimum Gasteiger partial charge on any atom is -0.545 e. The summed E-state index contributed by atoms with van der Waals surface area (Å²) in [5.74, 6) is -4.04. The van der Waals surface area contributed by atoms with Gasteiger partial charge in [0.1, 0.15) is 0 Å². The summed E-state index contributed by atoms with van der Waals surface area (Å²) in [4.78, 5) is 41.7. The topological polar surface area (TPSA) is 133 Å². The van der Waals surface area contributed by atoms with E-state index in [-0.39, 0.29) is 21.1 Å². The van der Waals surface area contributed by atoms with E-state index in [4.69, 9.17) is 9.47 Å². The normalized spacial score (nSPS) is 10.7. The van der Waals surface area contributed by atoms with Gasteiger partial charge in [0, 0.05) is 12.2 Å². The molecule has 0 saturated carbocycles. The van der Waals surface area contributed by atoms with Crippen molar-refractivity contribution in [2.24, 2.45) is 0 Å². The molecule has 0 aliphatic heterocycles. The second kappa shape index (κ2) is 54.2. The average molecular weight is 912 g/mol. The second-order valence-corrected chi connectivity index (χ2v) is 19.6. The Bertz CT molecular complexity index is 848. The van der Waals surface area contributed by atoms with Crippen molar-refractivity contribution in [2.45, 2.75) is 242 Å². The van der Waals surface area contributed by atoms with Crippen molar-refractivity contribution in [3.63, 3.8) is 0 Å². The molecule has 332 valence electrons. The summed E-state index contributed by atoms with van der Waals surface area (Å²) in [5.41, 5.74) is 0. The van der Waals surface area contributed by atoms with Crippen LogP contribution < -0.4 is 10.2 Å². The molecule has 0 N–H and O–H groups in total. The van der Waals surface area contributed by atoms with Gasteiger partial charge in [0.25, 0.3) is 0 Å². The van der Waals surface area contributed by atoms with Gasteiger partial charge in [-0.15, -0.1) is 0 Å². The van der Waals surface area contributed by atoms with Gasteiger partial charge >= 0.3 is 184 Å². The minimum absolute atomic E-state index is 0.0377. The summed E-state index contributed by atoms with van der Waals surface area (Å²) < 4.78 is 12.9. The number of hydrogen-bond donors (Lipinski definition) is 0. The van der Waals surface area contributed by atoms with Crippen LogP contribution in [0.5, 0.6) is 0 Å². The number of esters is 2. The van der Waals surface area contributed by atoms with Crippen LogP contribution in [0.4, 0.5) is 0 Å². The fourth-order valence-corrected chi connectivity index (χ4v) is 9.65. The monoisotopic (exact) mass is 913 g/mol. The van der Waals surface area contributed by atoms with Crippen LogP contribution in [0.25, 0.3) is 0 Å². The number of rotatable bonds is 40. The number of unbranched alkanes of at least 4 members (excludes halogenated alkanes) is 28. The van der Waals surface area contributed by atoms with Gasteiger partial charge in [-0.2, -0.15) is 0 Å². The first-order valence-electron chi connectivity index (χ1n) is 23.6. The third-order valence-corrected chi connectivity index (χ3v) is 13.6. The van der Waals surface area contributed by atoms with E-state index in [9.17, 15) is 29.4 Å². The van der Waals surface area contributed by atoms with Crippen molar-refractivity contribution < 1.29 is 38.9 Å². The van der Waals surface area contributed by atoms with Crippen LogP contribution >= 0.6 is 0 Å². The van der Waals surface area contributed by atoms with Crippen LogP contribution in [-0.4, -0.2) is 58.2 Å². The SMILES string of the molecule is CCCCCCCCCCC[CH2][Sn+2][CH2]CCCCCCCCCCC.CCCCCCCCOC(=O)/C=C\C(=O)[O-].CCCCCCCCOC(=O)/C=C\C(=O)[O-]. The summed E-state index contributed by atoms with van der Waals surface area (Å²) in [5, 5.41) is 19.9. The molecule has 0 heterocycles. The molecule has 0 radical (unpaired) electrons. The summed E-state index contributed by atoms with van der Waals surface area (Å²) in [6, 6.07) is 0. The quantitative estimate of drug-likeness (QED) is 0.0257. The molecule has 0 aromatic rings. The molecule has 0 unspecified atom stereocenters. The number of aliphatic carboxylic acids is 2. The zero-order chi connectivity index (χ0) is 42.7. The molecule has 0 amide bonds. The van der Waals surface area contributed by atoms with Crippen LogP contribution in [0.15, 0.2) is 24.3 Å². The Balaban J connectivity index is -0.000000800. The zero-order valence-electron chi connectivity index (χ0n) is 37.5. The van der Waals surface area contributed by atoms with E-state index in [1.54, 1.807) is 21.7 Å². The molecule has 0 atom stereocenters. The van der Waals surface area contributed by atoms with Crippen molar-refractivity contribution in [2.75, 3.05) is 13.2 Å². The molecular weight excluding hydrogens is 823 g/mol. The van der Waals surface area contributed by atoms with E-state index >= 15 is 0 Å². The molecule has 0 aromatic heterocycles. The van der Waals surface area contributed by atoms with Crippen molar-refractivity contribution in [3.8, 4) is 0 Å². The van der Waals surface area contributed by atoms with Crippen LogP contribution in [0.3, 0.4) is 0 Å². The molecule has 0 rings (SSSR count). The summed E-state index contributed by atoms with van der Waals surface area (Å²) in [6.07, 6.45) is 46.3. The van der Waals surface area contributed by atoms with Gasteiger partial charge in [-0.3, -0.25) is 0 Å². The molecule has 0 bridgehead atoms. The fraction of sp³-hybridized carbons (Fsp3) is 0.833. The molecule has 0 saturated heterocycles. The molecule has 0 fully saturated rings. The molecule has 8 nitrogen and oxygen atoms in total.